The van der Waals surface area contributed by atoms with Crippen LogP contribution in [0, 0.1) is 0 Å². The van der Waals surface area contributed by atoms with Gasteiger partial charge in [0.2, 0.25) is 0 Å². The summed E-state index contributed by atoms with van der Waals surface area (Å²) in [4.78, 5) is 26.0. The van der Waals surface area contributed by atoms with Crippen molar-refractivity contribution in [3.63, 3.8) is 0 Å². The van der Waals surface area contributed by atoms with Crippen molar-refractivity contribution in [2.45, 2.75) is 51.8 Å². The van der Waals surface area contributed by atoms with Gasteiger partial charge < -0.3 is 19.5 Å². The number of methoxy groups -OCH3 is 1. The Morgan fingerprint density at radius 3 is 2.59 bits per heavy atom. The lowest BCUT2D eigenvalue weighted by Crippen LogP contribution is -2.34. The molecule has 2 aromatic carbocycles. The highest BCUT2D eigenvalue weighted by Gasteiger charge is 2.39. The van der Waals surface area contributed by atoms with E-state index in [2.05, 4.69) is 5.32 Å². The number of halogens is 3. The quantitative estimate of drug-likeness (QED) is 0.468. The molecule has 1 heterocycles. The Kier molecular flexibility index (Phi) is 7.61. The third kappa shape index (κ3) is 5.50. The summed E-state index contributed by atoms with van der Waals surface area (Å²) in [5.74, 6) is -0.535. The molecule has 0 aromatic heterocycles. The first-order valence-electron chi connectivity index (χ1n) is 12.0. The van der Waals surface area contributed by atoms with Gasteiger partial charge in [-0.2, -0.15) is 13.2 Å². The van der Waals surface area contributed by atoms with E-state index in [4.69, 9.17) is 14.2 Å². The maximum atomic E-state index is 13.1. The Hall–Kier alpha value is -3.75. The van der Waals surface area contributed by atoms with Crippen LogP contribution in [0.1, 0.15) is 55.7 Å². The third-order valence-electron chi connectivity index (χ3n) is 6.44. The summed E-state index contributed by atoms with van der Waals surface area (Å²) in [6.07, 6.45) is -2.64. The van der Waals surface area contributed by atoms with Gasteiger partial charge in [-0.25, -0.2) is 4.79 Å². The Morgan fingerprint density at radius 1 is 1.11 bits per heavy atom. The molecule has 196 valence electrons. The minimum absolute atomic E-state index is 0.0307. The van der Waals surface area contributed by atoms with Crippen LogP contribution in [0.5, 0.6) is 11.5 Å². The van der Waals surface area contributed by atoms with Crippen molar-refractivity contribution in [3.8, 4) is 11.5 Å². The smallest absolute Gasteiger partial charge is 0.416 e. The van der Waals surface area contributed by atoms with Crippen molar-refractivity contribution >= 4 is 11.8 Å². The molecule has 9 heteroatoms. The minimum atomic E-state index is -4.45. The Labute approximate surface area is 213 Å². The number of ketones is 1. The number of hydrogen-bond acceptors (Lipinski definition) is 6. The van der Waals surface area contributed by atoms with Crippen LogP contribution in [-0.4, -0.2) is 25.5 Å². The molecular weight excluding hydrogens is 487 g/mol. The van der Waals surface area contributed by atoms with Gasteiger partial charge in [-0.15, -0.1) is 0 Å². The lowest BCUT2D eigenvalue weighted by atomic mass is 9.75. The number of rotatable bonds is 7. The van der Waals surface area contributed by atoms with Gasteiger partial charge in [0, 0.05) is 29.3 Å². The Balaban J connectivity index is 1.68. The summed E-state index contributed by atoms with van der Waals surface area (Å²) in [5, 5.41) is 3.23. The number of ether oxygens (including phenoxy) is 3. The highest BCUT2D eigenvalue weighted by atomic mass is 19.4. The predicted molar refractivity (Wildman–Crippen MR) is 130 cm³/mol. The highest BCUT2D eigenvalue weighted by molar-refractivity contribution is 6.03. The van der Waals surface area contributed by atoms with Gasteiger partial charge in [0.1, 0.15) is 6.61 Å². The highest BCUT2D eigenvalue weighted by Crippen LogP contribution is 2.44. The summed E-state index contributed by atoms with van der Waals surface area (Å²) < 4.78 is 55.8. The molecule has 0 bridgehead atoms. The molecule has 1 aliphatic carbocycles. The van der Waals surface area contributed by atoms with Crippen LogP contribution in [0.15, 0.2) is 65.0 Å². The lowest BCUT2D eigenvalue weighted by Gasteiger charge is -2.34. The molecule has 1 N–H and O–H groups in total. The molecule has 2 aliphatic rings. The second-order valence-electron chi connectivity index (χ2n) is 8.88. The largest absolute Gasteiger partial charge is 0.493 e. The molecule has 0 saturated heterocycles. The number of benzene rings is 2. The normalized spacial score (nSPS) is 17.8. The second-order valence-corrected chi connectivity index (χ2v) is 8.88. The first-order valence-corrected chi connectivity index (χ1v) is 12.0. The molecule has 4 rings (SSSR count). The van der Waals surface area contributed by atoms with E-state index in [1.54, 1.807) is 38.1 Å². The van der Waals surface area contributed by atoms with Crippen LogP contribution >= 0.6 is 0 Å². The van der Waals surface area contributed by atoms with Crippen LogP contribution in [0.25, 0.3) is 0 Å². The number of hydrogen-bond donors (Lipinski definition) is 1. The van der Waals surface area contributed by atoms with Crippen LogP contribution < -0.4 is 14.8 Å². The average molecular weight is 516 g/mol. The van der Waals surface area contributed by atoms with Crippen molar-refractivity contribution in [2.75, 3.05) is 13.7 Å². The SMILES string of the molecule is CCOC(=O)C1=C(C)NC2=C(C(=O)CCC2)C1c1ccc(OCc2cccc(C(F)(F)F)c2)c(OC)c1. The monoisotopic (exact) mass is 515 g/mol. The van der Waals surface area contributed by atoms with Gasteiger partial charge in [-0.1, -0.05) is 18.2 Å². The summed E-state index contributed by atoms with van der Waals surface area (Å²) in [7, 11) is 1.45. The molecule has 1 unspecified atom stereocenters. The van der Waals surface area contributed by atoms with Crippen molar-refractivity contribution in [1.29, 1.82) is 0 Å². The third-order valence-corrected chi connectivity index (χ3v) is 6.44. The standard InChI is InChI=1S/C28H28F3NO5/c1-4-36-27(34)24-16(2)32-20-9-6-10-21(33)26(20)25(24)18-11-12-22(23(14-18)35-3)37-15-17-7-5-8-19(13-17)28(29,30)31/h5,7-8,11-14,25,32H,4,6,9-10,15H2,1-3H3. The zero-order valence-electron chi connectivity index (χ0n) is 20.8. The van der Waals surface area contributed by atoms with E-state index < -0.39 is 23.6 Å². The molecule has 37 heavy (non-hydrogen) atoms. The molecule has 0 radical (unpaired) electrons. The first kappa shape index (κ1) is 26.3. The number of carbonyl (C=O) groups is 2. The van der Waals surface area contributed by atoms with E-state index in [1.807, 2.05) is 0 Å². The number of nitrogens with one attached hydrogen (secondary N) is 1. The van der Waals surface area contributed by atoms with Gasteiger partial charge in [0.25, 0.3) is 0 Å². The first-order chi connectivity index (χ1) is 17.6. The van der Waals surface area contributed by atoms with E-state index in [0.717, 1.165) is 24.3 Å². The number of alkyl halides is 3. The Morgan fingerprint density at radius 2 is 1.89 bits per heavy atom. The Bertz CT molecular complexity index is 1280. The molecule has 0 spiro atoms. The zero-order chi connectivity index (χ0) is 26.7. The van der Waals surface area contributed by atoms with Crippen molar-refractivity contribution < 1.29 is 37.0 Å². The number of Topliss-reactive ketones (excluding diaryl/α,β-unsaturated/α-hetero) is 1. The number of dihydropyridines is 1. The topological polar surface area (TPSA) is 73.9 Å². The fourth-order valence-corrected chi connectivity index (χ4v) is 4.78. The maximum absolute atomic E-state index is 13.1. The van der Waals surface area contributed by atoms with E-state index in [-0.39, 0.29) is 19.0 Å². The second kappa shape index (κ2) is 10.7. The lowest BCUT2D eigenvalue weighted by molar-refractivity contribution is -0.139. The van der Waals surface area contributed by atoms with Crippen LogP contribution in [-0.2, 0) is 27.1 Å². The fraction of sp³-hybridized carbons (Fsp3) is 0.357. The molecular formula is C28H28F3NO5. The molecule has 2 aromatic rings. The van der Waals surface area contributed by atoms with Crippen LogP contribution in [0.2, 0.25) is 0 Å². The van der Waals surface area contributed by atoms with Gasteiger partial charge in [-0.05, 0) is 62.1 Å². The van der Waals surface area contributed by atoms with Crippen molar-refractivity contribution in [3.05, 3.63) is 81.7 Å². The van der Waals surface area contributed by atoms with E-state index >= 15 is 0 Å². The zero-order valence-corrected chi connectivity index (χ0v) is 20.8. The van der Waals surface area contributed by atoms with Crippen molar-refractivity contribution in [2.24, 2.45) is 0 Å². The van der Waals surface area contributed by atoms with Gasteiger partial charge in [-0.3, -0.25) is 4.79 Å². The summed E-state index contributed by atoms with van der Waals surface area (Å²) in [5.41, 5.74) is 2.57. The van der Waals surface area contributed by atoms with E-state index in [9.17, 15) is 22.8 Å². The average Bonchev–Trinajstić information content (AvgIpc) is 2.86. The van der Waals surface area contributed by atoms with Gasteiger partial charge in [0.05, 0.1) is 24.9 Å². The van der Waals surface area contributed by atoms with Crippen LogP contribution in [0.4, 0.5) is 13.2 Å². The van der Waals surface area contributed by atoms with E-state index in [1.165, 1.54) is 13.2 Å². The summed E-state index contributed by atoms with van der Waals surface area (Å²) >= 11 is 0. The molecule has 1 atom stereocenters. The maximum Gasteiger partial charge on any atom is 0.416 e. The number of carbonyl (C=O) groups excluding carboxylic acids is 2. The van der Waals surface area contributed by atoms with Crippen molar-refractivity contribution in [1.82, 2.24) is 5.32 Å². The molecule has 0 amide bonds. The molecule has 6 nitrogen and oxygen atoms in total. The van der Waals surface area contributed by atoms with E-state index in [0.29, 0.717) is 52.3 Å². The summed E-state index contributed by atoms with van der Waals surface area (Å²) in [6, 6.07) is 9.98. The van der Waals surface area contributed by atoms with Crippen LogP contribution in [0.3, 0.4) is 0 Å². The number of allylic oxidation sites excluding steroid dienone is 3. The summed E-state index contributed by atoms with van der Waals surface area (Å²) in [6.45, 7) is 3.59. The molecule has 0 fully saturated rings. The number of esters is 1. The predicted octanol–water partition coefficient (Wildman–Crippen LogP) is 5.82. The van der Waals surface area contributed by atoms with Gasteiger partial charge >= 0.3 is 12.1 Å². The molecule has 0 saturated carbocycles. The van der Waals surface area contributed by atoms with Gasteiger partial charge in [0.15, 0.2) is 17.3 Å². The molecule has 1 aliphatic heterocycles. The fourth-order valence-electron chi connectivity index (χ4n) is 4.78. The minimum Gasteiger partial charge on any atom is -0.493 e.